The summed E-state index contributed by atoms with van der Waals surface area (Å²) in [5.41, 5.74) is 4.51. The lowest BCUT2D eigenvalue weighted by molar-refractivity contribution is -0.122. The van der Waals surface area contributed by atoms with Gasteiger partial charge in [0.1, 0.15) is 5.70 Å². The number of hydrogen-bond donors (Lipinski definition) is 1. The molecule has 1 aliphatic heterocycles. The van der Waals surface area contributed by atoms with Crippen LogP contribution in [0, 0.1) is 6.92 Å². The van der Waals surface area contributed by atoms with Crippen molar-refractivity contribution in [3.8, 4) is 0 Å². The Morgan fingerprint density at radius 3 is 2.55 bits per heavy atom. The second kappa shape index (κ2) is 7.72. The zero-order chi connectivity index (χ0) is 20.5. The molecule has 4 rings (SSSR count). The molecule has 0 aliphatic carbocycles. The van der Waals surface area contributed by atoms with Gasteiger partial charge in [-0.15, -0.1) is 6.58 Å². The minimum Gasteiger partial charge on any atom is -0.340 e. The van der Waals surface area contributed by atoms with Crippen molar-refractivity contribution in [3.63, 3.8) is 0 Å². The normalized spacial score (nSPS) is 15.4. The van der Waals surface area contributed by atoms with Gasteiger partial charge in [0, 0.05) is 39.7 Å². The quantitative estimate of drug-likeness (QED) is 0.344. The summed E-state index contributed by atoms with van der Waals surface area (Å²) in [4.78, 5) is 25.8. The Kier molecular flexibility index (Phi) is 5.11. The number of para-hydroxylation sites is 1. The Hall–Kier alpha value is -3.12. The van der Waals surface area contributed by atoms with Gasteiger partial charge in [0.25, 0.3) is 5.91 Å². The number of urea groups is 1. The maximum atomic E-state index is 12.6. The standard InChI is InChI=1S/C23H20BrN3O2/c1-3-12-26-22(28)20(25-23(26)29)13-19-15(2)27(21-7-5-4-6-18(19)21)14-16-8-10-17(24)11-9-16/h3-11,13H,1,12,14H2,2H3,(H,25,29)/b20-13+. The Morgan fingerprint density at radius 1 is 1.10 bits per heavy atom. The fraction of sp³-hybridized carbons (Fsp3) is 0.130. The molecule has 6 heteroatoms. The molecule has 0 unspecified atom stereocenters. The lowest BCUT2D eigenvalue weighted by Gasteiger charge is -2.09. The van der Waals surface area contributed by atoms with E-state index in [0.29, 0.717) is 6.54 Å². The third-order valence-corrected chi connectivity index (χ3v) is 5.62. The van der Waals surface area contributed by atoms with Crippen LogP contribution in [0.25, 0.3) is 17.0 Å². The maximum absolute atomic E-state index is 12.6. The molecule has 0 saturated carbocycles. The Balaban J connectivity index is 1.79. The maximum Gasteiger partial charge on any atom is 0.329 e. The van der Waals surface area contributed by atoms with Gasteiger partial charge in [0.05, 0.1) is 0 Å². The molecule has 1 aromatic heterocycles. The summed E-state index contributed by atoms with van der Waals surface area (Å²) in [5.74, 6) is -0.334. The van der Waals surface area contributed by atoms with E-state index in [1.165, 1.54) is 11.6 Å². The van der Waals surface area contributed by atoms with Crippen LogP contribution in [0.2, 0.25) is 0 Å². The molecule has 1 saturated heterocycles. The first-order valence-electron chi connectivity index (χ1n) is 9.27. The number of nitrogens with one attached hydrogen (secondary N) is 1. The Bertz CT molecular complexity index is 1160. The number of imide groups is 1. The van der Waals surface area contributed by atoms with Crippen LogP contribution in [0.5, 0.6) is 0 Å². The zero-order valence-electron chi connectivity index (χ0n) is 16.0. The van der Waals surface area contributed by atoms with E-state index in [1.54, 1.807) is 6.08 Å². The van der Waals surface area contributed by atoms with E-state index in [-0.39, 0.29) is 18.1 Å². The van der Waals surface area contributed by atoms with E-state index < -0.39 is 6.03 Å². The molecule has 146 valence electrons. The number of fused-ring (bicyclic) bond motifs is 1. The first kappa shape index (κ1) is 19.2. The van der Waals surface area contributed by atoms with Crippen molar-refractivity contribution in [2.75, 3.05) is 6.54 Å². The van der Waals surface area contributed by atoms with Gasteiger partial charge >= 0.3 is 6.03 Å². The molecule has 1 aliphatic rings. The molecule has 0 bridgehead atoms. The molecule has 3 aromatic rings. The summed E-state index contributed by atoms with van der Waals surface area (Å²) < 4.78 is 3.27. The van der Waals surface area contributed by atoms with Crippen LogP contribution in [-0.2, 0) is 11.3 Å². The highest BCUT2D eigenvalue weighted by molar-refractivity contribution is 9.10. The number of amides is 3. The van der Waals surface area contributed by atoms with Gasteiger partial charge in [-0.3, -0.25) is 9.69 Å². The lowest BCUT2D eigenvalue weighted by atomic mass is 10.1. The van der Waals surface area contributed by atoms with Gasteiger partial charge in [-0.2, -0.15) is 0 Å². The van der Waals surface area contributed by atoms with Crippen LogP contribution in [0.15, 0.2) is 71.4 Å². The summed E-state index contributed by atoms with van der Waals surface area (Å²) in [6, 6.07) is 15.9. The van der Waals surface area contributed by atoms with E-state index in [0.717, 1.165) is 31.5 Å². The van der Waals surface area contributed by atoms with Gasteiger partial charge in [-0.25, -0.2) is 4.79 Å². The van der Waals surface area contributed by atoms with Crippen molar-refractivity contribution >= 4 is 44.8 Å². The van der Waals surface area contributed by atoms with E-state index in [9.17, 15) is 9.59 Å². The van der Waals surface area contributed by atoms with E-state index in [4.69, 9.17) is 0 Å². The van der Waals surface area contributed by atoms with Crippen LogP contribution in [0.1, 0.15) is 16.8 Å². The van der Waals surface area contributed by atoms with Gasteiger partial charge in [0.2, 0.25) is 0 Å². The smallest absolute Gasteiger partial charge is 0.329 e. The summed E-state index contributed by atoms with van der Waals surface area (Å²) in [6.45, 7) is 6.54. The van der Waals surface area contributed by atoms with Crippen molar-refractivity contribution in [2.45, 2.75) is 13.5 Å². The molecule has 5 nitrogen and oxygen atoms in total. The van der Waals surface area contributed by atoms with Crippen LogP contribution in [0.3, 0.4) is 0 Å². The molecular weight excluding hydrogens is 430 g/mol. The van der Waals surface area contributed by atoms with Crippen molar-refractivity contribution in [1.29, 1.82) is 0 Å². The number of aromatic nitrogens is 1. The van der Waals surface area contributed by atoms with Gasteiger partial charge in [-0.1, -0.05) is 52.3 Å². The summed E-state index contributed by atoms with van der Waals surface area (Å²) in [5, 5.41) is 3.72. The van der Waals surface area contributed by atoms with Crippen molar-refractivity contribution in [3.05, 3.63) is 88.2 Å². The fourth-order valence-electron chi connectivity index (χ4n) is 3.63. The molecule has 29 heavy (non-hydrogen) atoms. The number of halogens is 1. The fourth-order valence-corrected chi connectivity index (χ4v) is 3.89. The molecule has 0 spiro atoms. The summed E-state index contributed by atoms with van der Waals surface area (Å²) in [6.07, 6.45) is 3.31. The SMILES string of the molecule is C=CCN1C(=O)N/C(=C/c2c(C)n(Cc3ccc(Br)cc3)c3ccccc23)C1=O. The average Bonchev–Trinajstić information content (AvgIpc) is 3.13. The predicted molar refractivity (Wildman–Crippen MR) is 118 cm³/mol. The third kappa shape index (κ3) is 3.51. The van der Waals surface area contributed by atoms with E-state index in [2.05, 4.69) is 50.6 Å². The number of hydrogen-bond acceptors (Lipinski definition) is 2. The first-order chi connectivity index (χ1) is 14.0. The summed E-state index contributed by atoms with van der Waals surface area (Å²) in [7, 11) is 0. The molecule has 2 aromatic carbocycles. The van der Waals surface area contributed by atoms with Crippen molar-refractivity contribution in [1.82, 2.24) is 14.8 Å². The number of rotatable bonds is 5. The number of benzene rings is 2. The largest absolute Gasteiger partial charge is 0.340 e. The highest BCUT2D eigenvalue weighted by Crippen LogP contribution is 2.29. The number of nitrogens with zero attached hydrogens (tertiary/aromatic N) is 2. The molecular formula is C23H20BrN3O2. The van der Waals surface area contributed by atoms with Gasteiger partial charge < -0.3 is 9.88 Å². The highest BCUT2D eigenvalue weighted by Gasteiger charge is 2.32. The van der Waals surface area contributed by atoms with Crippen LogP contribution < -0.4 is 5.32 Å². The second-order valence-electron chi connectivity index (χ2n) is 6.92. The topological polar surface area (TPSA) is 54.3 Å². The monoisotopic (exact) mass is 449 g/mol. The van der Waals surface area contributed by atoms with Gasteiger partial charge in [-0.05, 0) is 36.8 Å². The Morgan fingerprint density at radius 2 is 1.83 bits per heavy atom. The van der Waals surface area contributed by atoms with Crippen LogP contribution >= 0.6 is 15.9 Å². The Labute approximate surface area is 177 Å². The predicted octanol–water partition coefficient (Wildman–Crippen LogP) is 4.84. The number of carbonyl (C=O) groups is 2. The molecule has 0 atom stereocenters. The number of carbonyl (C=O) groups excluding carboxylic acids is 2. The highest BCUT2D eigenvalue weighted by atomic mass is 79.9. The van der Waals surface area contributed by atoms with Crippen LogP contribution in [-0.4, -0.2) is 28.0 Å². The lowest BCUT2D eigenvalue weighted by Crippen LogP contribution is -2.30. The second-order valence-corrected chi connectivity index (χ2v) is 7.84. The van der Waals surface area contributed by atoms with E-state index >= 15 is 0 Å². The zero-order valence-corrected chi connectivity index (χ0v) is 17.6. The van der Waals surface area contributed by atoms with E-state index in [1.807, 2.05) is 37.3 Å². The molecule has 3 amide bonds. The average molecular weight is 450 g/mol. The molecule has 1 fully saturated rings. The van der Waals surface area contributed by atoms with Gasteiger partial charge in [0.15, 0.2) is 0 Å². The van der Waals surface area contributed by atoms with Crippen molar-refractivity contribution < 1.29 is 9.59 Å². The first-order valence-corrected chi connectivity index (χ1v) is 10.1. The molecule has 2 heterocycles. The summed E-state index contributed by atoms with van der Waals surface area (Å²) >= 11 is 3.47. The molecule has 1 N–H and O–H groups in total. The van der Waals surface area contributed by atoms with Crippen LogP contribution in [0.4, 0.5) is 4.79 Å². The minimum absolute atomic E-state index is 0.187. The molecule has 0 radical (unpaired) electrons. The minimum atomic E-state index is -0.419. The third-order valence-electron chi connectivity index (χ3n) is 5.10. The van der Waals surface area contributed by atoms with Crippen molar-refractivity contribution in [2.24, 2.45) is 0 Å².